The fourth-order valence-electron chi connectivity index (χ4n) is 2.53. The molecule has 0 aliphatic carbocycles. The lowest BCUT2D eigenvalue weighted by Gasteiger charge is -2.17. The van der Waals surface area contributed by atoms with Gasteiger partial charge in [0.1, 0.15) is 5.75 Å². The second-order valence-corrected chi connectivity index (χ2v) is 9.23. The van der Waals surface area contributed by atoms with Crippen molar-refractivity contribution in [1.82, 2.24) is 0 Å². The summed E-state index contributed by atoms with van der Waals surface area (Å²) >= 11 is 1.03. The number of carbonyl (C=O) groups is 1. The molecule has 4 nitrogen and oxygen atoms in total. The van der Waals surface area contributed by atoms with Crippen molar-refractivity contribution in [3.8, 4) is 5.75 Å². The number of benzene rings is 3. The normalized spacial score (nSPS) is 12.3. The van der Waals surface area contributed by atoms with Crippen molar-refractivity contribution in [1.29, 1.82) is 0 Å². The number of sulfone groups is 1. The fourth-order valence-corrected chi connectivity index (χ4v) is 5.71. The molecule has 6 heteroatoms. The van der Waals surface area contributed by atoms with E-state index in [0.29, 0.717) is 16.2 Å². The zero-order chi connectivity index (χ0) is 19.3. The first-order valence-corrected chi connectivity index (χ1v) is 10.6. The maximum absolute atomic E-state index is 13.2. The number of thioether (sulfide) groups is 1. The first-order valence-electron chi connectivity index (χ1n) is 8.21. The molecule has 0 aromatic heterocycles. The molecule has 0 amide bonds. The van der Waals surface area contributed by atoms with Crippen molar-refractivity contribution < 1.29 is 17.9 Å². The second-order valence-electron chi connectivity index (χ2n) is 5.72. The number of carbonyl (C=O) groups excluding carboxylic acids is 1. The van der Waals surface area contributed by atoms with Gasteiger partial charge in [-0.2, -0.15) is 0 Å². The molecule has 0 aliphatic heterocycles. The highest BCUT2D eigenvalue weighted by molar-refractivity contribution is 8.14. The molecule has 0 saturated heterocycles. The third-order valence-electron chi connectivity index (χ3n) is 3.91. The highest BCUT2D eigenvalue weighted by atomic mass is 32.3. The number of Topliss-reactive ketones (excluding diaryl/α,β-unsaturated/α-hetero) is 1. The Morgan fingerprint density at radius 1 is 0.889 bits per heavy atom. The largest absolute Gasteiger partial charge is 0.497 e. The van der Waals surface area contributed by atoms with Gasteiger partial charge in [0.25, 0.3) is 0 Å². The minimum Gasteiger partial charge on any atom is -0.497 e. The van der Waals surface area contributed by atoms with E-state index in [1.54, 1.807) is 54.6 Å². The molecule has 0 spiro atoms. The average Bonchev–Trinajstić information content (AvgIpc) is 2.73. The van der Waals surface area contributed by atoms with Gasteiger partial charge in [-0.05, 0) is 36.4 Å². The van der Waals surface area contributed by atoms with E-state index in [9.17, 15) is 13.2 Å². The smallest absolute Gasteiger partial charge is 0.198 e. The summed E-state index contributed by atoms with van der Waals surface area (Å²) in [7, 11) is -2.39. The van der Waals surface area contributed by atoms with E-state index >= 15 is 0 Å². The third kappa shape index (κ3) is 4.40. The summed E-state index contributed by atoms with van der Waals surface area (Å²) in [4.78, 5) is 14.0. The van der Waals surface area contributed by atoms with E-state index in [1.807, 2.05) is 18.2 Å². The van der Waals surface area contributed by atoms with E-state index < -0.39 is 20.2 Å². The lowest BCUT2D eigenvalue weighted by atomic mass is 10.1. The minimum absolute atomic E-state index is 0.120. The molecule has 3 aromatic rings. The zero-order valence-electron chi connectivity index (χ0n) is 14.6. The number of rotatable bonds is 7. The van der Waals surface area contributed by atoms with Gasteiger partial charge in [-0.15, -0.1) is 0 Å². The van der Waals surface area contributed by atoms with Gasteiger partial charge in [-0.3, -0.25) is 4.79 Å². The number of methoxy groups -OCH3 is 1. The van der Waals surface area contributed by atoms with E-state index in [2.05, 4.69) is 0 Å². The van der Waals surface area contributed by atoms with Crippen LogP contribution in [0.3, 0.4) is 0 Å². The summed E-state index contributed by atoms with van der Waals surface area (Å²) in [5, 5.41) is 0. The van der Waals surface area contributed by atoms with Crippen molar-refractivity contribution in [2.75, 3.05) is 7.11 Å². The molecule has 1 unspecified atom stereocenters. The molecule has 0 fully saturated rings. The Bertz CT molecular complexity index is 1020. The van der Waals surface area contributed by atoms with Gasteiger partial charge in [0.05, 0.1) is 12.0 Å². The Morgan fingerprint density at radius 2 is 1.52 bits per heavy atom. The number of hydrogen-bond donors (Lipinski definition) is 0. The molecule has 0 aliphatic rings. The van der Waals surface area contributed by atoms with Crippen LogP contribution in [0.25, 0.3) is 0 Å². The Morgan fingerprint density at radius 3 is 2.15 bits per heavy atom. The monoisotopic (exact) mass is 398 g/mol. The van der Waals surface area contributed by atoms with E-state index in [0.717, 1.165) is 11.8 Å². The lowest BCUT2D eigenvalue weighted by molar-refractivity contribution is 0.101. The van der Waals surface area contributed by atoms with Gasteiger partial charge in [0, 0.05) is 10.5 Å². The Kier molecular flexibility index (Phi) is 5.98. The predicted molar refractivity (Wildman–Crippen MR) is 107 cm³/mol. The summed E-state index contributed by atoms with van der Waals surface area (Å²) in [5.41, 5.74) is 0.294. The van der Waals surface area contributed by atoms with Crippen LogP contribution >= 0.6 is 11.8 Å². The zero-order valence-corrected chi connectivity index (χ0v) is 16.2. The molecule has 3 rings (SSSR count). The van der Waals surface area contributed by atoms with Gasteiger partial charge in [-0.1, -0.05) is 60.3 Å². The minimum atomic E-state index is -3.89. The lowest BCUT2D eigenvalue weighted by Crippen LogP contribution is -2.27. The molecular weight excluding hydrogens is 380 g/mol. The van der Waals surface area contributed by atoms with E-state index in [-0.39, 0.29) is 4.90 Å². The predicted octanol–water partition coefficient (Wildman–Crippen LogP) is 4.47. The summed E-state index contributed by atoms with van der Waals surface area (Å²) < 4.78 is 30.3. The van der Waals surface area contributed by atoms with Crippen LogP contribution in [0.1, 0.15) is 10.4 Å². The Labute approximate surface area is 163 Å². The molecule has 0 heterocycles. The Hall–Kier alpha value is -2.57. The molecule has 1 atom stereocenters. The van der Waals surface area contributed by atoms with Crippen LogP contribution in [0.5, 0.6) is 5.75 Å². The Balaban J connectivity index is 2.05. The van der Waals surface area contributed by atoms with Gasteiger partial charge in [0.15, 0.2) is 20.2 Å². The van der Waals surface area contributed by atoms with Crippen LogP contribution in [-0.2, 0) is 9.84 Å². The van der Waals surface area contributed by atoms with Crippen molar-refractivity contribution in [3.05, 3.63) is 90.5 Å². The van der Waals surface area contributed by atoms with E-state index in [4.69, 9.17) is 4.74 Å². The van der Waals surface area contributed by atoms with Crippen molar-refractivity contribution in [2.24, 2.45) is 0 Å². The van der Waals surface area contributed by atoms with Crippen LogP contribution in [0, 0.1) is 0 Å². The molecule has 0 radical (unpaired) electrons. The summed E-state index contributed by atoms with van der Waals surface area (Å²) in [6.45, 7) is 0. The summed E-state index contributed by atoms with van der Waals surface area (Å²) in [6, 6.07) is 23.6. The van der Waals surface area contributed by atoms with Gasteiger partial charge >= 0.3 is 0 Å². The highest BCUT2D eigenvalue weighted by Gasteiger charge is 2.35. The summed E-state index contributed by atoms with van der Waals surface area (Å²) in [5.74, 6) is 0.0213. The first-order chi connectivity index (χ1) is 13.0. The van der Waals surface area contributed by atoms with Crippen molar-refractivity contribution >= 4 is 27.4 Å². The number of ketones is 1. The maximum atomic E-state index is 13.2. The van der Waals surface area contributed by atoms with Crippen molar-refractivity contribution in [3.63, 3.8) is 0 Å². The van der Waals surface area contributed by atoms with Crippen LogP contribution in [-0.4, -0.2) is 25.9 Å². The topological polar surface area (TPSA) is 60.4 Å². The fraction of sp³-hybridized carbons (Fsp3) is 0.0952. The first kappa shape index (κ1) is 19.2. The van der Waals surface area contributed by atoms with Crippen LogP contribution in [0.4, 0.5) is 0 Å². The molecule has 3 aromatic carbocycles. The van der Waals surface area contributed by atoms with Crippen LogP contribution < -0.4 is 4.74 Å². The van der Waals surface area contributed by atoms with Crippen LogP contribution in [0.15, 0.2) is 94.7 Å². The second kappa shape index (κ2) is 8.41. The number of hydrogen-bond acceptors (Lipinski definition) is 5. The molecular formula is C21H18O4S2. The third-order valence-corrected chi connectivity index (χ3v) is 7.64. The standard InChI is InChI=1S/C21H18O4S2/c1-25-17-10-8-9-16(15-17)20(22)21(26-18-11-4-2-5-12-18)27(23,24)19-13-6-3-7-14-19/h2-15,21H,1H3. The SMILES string of the molecule is COc1cccc(C(=O)C(Sc2ccccc2)S(=O)(=O)c2ccccc2)c1. The average molecular weight is 399 g/mol. The molecule has 0 bridgehead atoms. The highest BCUT2D eigenvalue weighted by Crippen LogP contribution is 2.33. The van der Waals surface area contributed by atoms with Crippen molar-refractivity contribution in [2.45, 2.75) is 14.4 Å². The summed E-state index contributed by atoms with van der Waals surface area (Å²) in [6.07, 6.45) is 0. The molecule has 138 valence electrons. The van der Waals surface area contributed by atoms with Gasteiger partial charge < -0.3 is 4.74 Å². The molecule has 27 heavy (non-hydrogen) atoms. The maximum Gasteiger partial charge on any atom is 0.198 e. The molecule has 0 N–H and O–H groups in total. The van der Waals surface area contributed by atoms with Crippen LogP contribution in [0.2, 0.25) is 0 Å². The number of ether oxygens (including phenoxy) is 1. The quantitative estimate of drug-likeness (QED) is 0.434. The molecule has 0 saturated carbocycles. The van der Waals surface area contributed by atoms with Gasteiger partial charge in [-0.25, -0.2) is 8.42 Å². The van der Waals surface area contributed by atoms with Gasteiger partial charge in [0.2, 0.25) is 0 Å². The van der Waals surface area contributed by atoms with E-state index in [1.165, 1.54) is 19.2 Å².